The number of nitriles is 1. The molecule has 1 aromatic rings. The lowest BCUT2D eigenvalue weighted by atomic mass is 10.0. The second kappa shape index (κ2) is 5.53. The number of rotatable bonds is 4. The smallest absolute Gasteiger partial charge is 0.259 e. The lowest BCUT2D eigenvalue weighted by Crippen LogP contribution is -2.21. The third-order valence-electron chi connectivity index (χ3n) is 3.05. The lowest BCUT2D eigenvalue weighted by Gasteiger charge is -2.09. The van der Waals surface area contributed by atoms with Crippen LogP contribution in [0.1, 0.15) is 40.5 Å². The van der Waals surface area contributed by atoms with Gasteiger partial charge < -0.3 is 5.32 Å². The largest absolute Gasteiger partial charge is 0.325 e. The van der Waals surface area contributed by atoms with Crippen molar-refractivity contribution in [2.24, 2.45) is 5.92 Å². The molecular weight excluding hydrogens is 258 g/mol. The predicted molar refractivity (Wildman–Crippen MR) is 70.9 cm³/mol. The number of carbonyl (C=O) groups excluding carboxylic acids is 3. The zero-order valence-electron chi connectivity index (χ0n) is 10.9. The van der Waals surface area contributed by atoms with E-state index in [0.29, 0.717) is 17.7 Å². The van der Waals surface area contributed by atoms with Crippen molar-refractivity contribution in [3.05, 3.63) is 29.3 Å². The van der Waals surface area contributed by atoms with Crippen molar-refractivity contribution in [3.8, 4) is 6.07 Å². The molecule has 2 N–H and O–H groups in total. The number of hydrogen-bond donors (Lipinski definition) is 2. The summed E-state index contributed by atoms with van der Waals surface area (Å²) >= 11 is 0. The fraction of sp³-hybridized carbons (Fsp3) is 0.286. The maximum atomic E-state index is 11.9. The summed E-state index contributed by atoms with van der Waals surface area (Å²) in [5.74, 6) is -2.04. The van der Waals surface area contributed by atoms with Gasteiger partial charge in [0.15, 0.2) is 0 Å². The monoisotopic (exact) mass is 271 g/mol. The van der Waals surface area contributed by atoms with Crippen LogP contribution in [-0.2, 0) is 4.79 Å². The average molecular weight is 271 g/mol. The zero-order valence-corrected chi connectivity index (χ0v) is 10.9. The maximum absolute atomic E-state index is 11.9. The minimum absolute atomic E-state index is 0.233. The number of carbonyl (C=O) groups is 3. The molecule has 1 aliphatic rings. The Morgan fingerprint density at radius 2 is 2.05 bits per heavy atom. The predicted octanol–water partition coefficient (Wildman–Crippen LogP) is 1.45. The molecule has 3 amide bonds. The number of fused-ring (bicyclic) bond motifs is 1. The molecule has 102 valence electrons. The molecule has 1 unspecified atom stereocenters. The number of anilines is 1. The number of nitrogens with one attached hydrogen (secondary N) is 2. The van der Waals surface area contributed by atoms with Gasteiger partial charge in [0, 0.05) is 5.69 Å². The Morgan fingerprint density at radius 3 is 2.70 bits per heavy atom. The van der Waals surface area contributed by atoms with Gasteiger partial charge in [-0.15, -0.1) is 0 Å². The van der Waals surface area contributed by atoms with Crippen molar-refractivity contribution in [2.45, 2.75) is 19.8 Å². The molecule has 0 radical (unpaired) electrons. The second-order valence-corrected chi connectivity index (χ2v) is 4.50. The highest BCUT2D eigenvalue weighted by Crippen LogP contribution is 2.21. The molecule has 0 saturated carbocycles. The highest BCUT2D eigenvalue weighted by molar-refractivity contribution is 6.22. The van der Waals surface area contributed by atoms with Gasteiger partial charge in [-0.3, -0.25) is 19.7 Å². The van der Waals surface area contributed by atoms with Crippen molar-refractivity contribution < 1.29 is 14.4 Å². The van der Waals surface area contributed by atoms with Gasteiger partial charge in [-0.2, -0.15) is 5.26 Å². The summed E-state index contributed by atoms with van der Waals surface area (Å²) in [5, 5.41) is 13.7. The van der Waals surface area contributed by atoms with E-state index in [-0.39, 0.29) is 5.56 Å². The second-order valence-electron chi connectivity index (χ2n) is 4.50. The zero-order chi connectivity index (χ0) is 14.7. The van der Waals surface area contributed by atoms with Crippen LogP contribution in [0.3, 0.4) is 0 Å². The molecule has 0 aromatic heterocycles. The van der Waals surface area contributed by atoms with E-state index in [2.05, 4.69) is 10.6 Å². The summed E-state index contributed by atoms with van der Waals surface area (Å²) in [6.45, 7) is 1.89. The Labute approximate surface area is 115 Å². The number of hydrogen-bond acceptors (Lipinski definition) is 4. The van der Waals surface area contributed by atoms with Gasteiger partial charge in [0.1, 0.15) is 5.92 Å². The first-order valence-corrected chi connectivity index (χ1v) is 6.27. The Kier molecular flexibility index (Phi) is 3.80. The summed E-state index contributed by atoms with van der Waals surface area (Å²) in [5.41, 5.74) is 0.921. The third kappa shape index (κ3) is 2.52. The molecule has 6 nitrogen and oxygen atoms in total. The summed E-state index contributed by atoms with van der Waals surface area (Å²) in [6.07, 6.45) is 1.21. The standard InChI is InChI=1S/C14H13N3O3/c1-2-3-8(7-15)12(18)16-9-4-5-10-11(6-9)14(20)17-13(10)19/h4-6,8H,2-3H2,1H3,(H,16,18)(H,17,19,20). The fourth-order valence-corrected chi connectivity index (χ4v) is 2.02. The SMILES string of the molecule is CCCC(C#N)C(=O)Nc1ccc2c(c1)C(=O)NC2=O. The molecular formula is C14H13N3O3. The minimum Gasteiger partial charge on any atom is -0.325 e. The first kappa shape index (κ1) is 13.7. The van der Waals surface area contributed by atoms with E-state index in [4.69, 9.17) is 5.26 Å². The van der Waals surface area contributed by atoms with E-state index >= 15 is 0 Å². The van der Waals surface area contributed by atoms with Crippen molar-refractivity contribution in [2.75, 3.05) is 5.32 Å². The normalized spacial score (nSPS) is 14.2. The summed E-state index contributed by atoms with van der Waals surface area (Å²) < 4.78 is 0. The Morgan fingerprint density at radius 1 is 1.35 bits per heavy atom. The molecule has 2 rings (SSSR count). The van der Waals surface area contributed by atoms with Crippen LogP contribution in [0.25, 0.3) is 0 Å². The van der Waals surface area contributed by atoms with Gasteiger partial charge >= 0.3 is 0 Å². The van der Waals surface area contributed by atoms with Gasteiger partial charge in [-0.25, -0.2) is 0 Å². The summed E-state index contributed by atoms with van der Waals surface area (Å²) in [4.78, 5) is 34.8. The molecule has 1 atom stereocenters. The first-order valence-electron chi connectivity index (χ1n) is 6.27. The first-order chi connectivity index (χ1) is 9.56. The van der Waals surface area contributed by atoms with Gasteiger partial charge in [-0.05, 0) is 24.6 Å². The highest BCUT2D eigenvalue weighted by atomic mass is 16.2. The van der Waals surface area contributed by atoms with Crippen LogP contribution in [0.4, 0.5) is 5.69 Å². The topological polar surface area (TPSA) is 99.1 Å². The molecule has 1 heterocycles. The molecule has 0 spiro atoms. The number of benzene rings is 1. The van der Waals surface area contributed by atoms with Crippen LogP contribution in [0, 0.1) is 17.2 Å². The average Bonchev–Trinajstić information content (AvgIpc) is 2.71. The van der Waals surface area contributed by atoms with Crippen LogP contribution in [0.15, 0.2) is 18.2 Å². The molecule has 0 bridgehead atoms. The van der Waals surface area contributed by atoms with Gasteiger partial charge in [-0.1, -0.05) is 13.3 Å². The van der Waals surface area contributed by atoms with Gasteiger partial charge in [0.2, 0.25) is 5.91 Å². The summed E-state index contributed by atoms with van der Waals surface area (Å²) in [6, 6.07) is 6.40. The van der Waals surface area contributed by atoms with E-state index in [0.717, 1.165) is 6.42 Å². The molecule has 6 heteroatoms. The quantitative estimate of drug-likeness (QED) is 0.809. The fourth-order valence-electron chi connectivity index (χ4n) is 2.02. The van der Waals surface area contributed by atoms with E-state index in [1.54, 1.807) is 0 Å². The molecule has 20 heavy (non-hydrogen) atoms. The van der Waals surface area contributed by atoms with E-state index < -0.39 is 23.6 Å². The minimum atomic E-state index is -0.719. The molecule has 0 fully saturated rings. The van der Waals surface area contributed by atoms with Crippen molar-refractivity contribution in [1.29, 1.82) is 5.26 Å². The van der Waals surface area contributed by atoms with E-state index in [1.807, 2.05) is 13.0 Å². The Balaban J connectivity index is 2.18. The van der Waals surface area contributed by atoms with Crippen molar-refractivity contribution in [1.82, 2.24) is 5.32 Å². The van der Waals surface area contributed by atoms with Crippen LogP contribution < -0.4 is 10.6 Å². The summed E-state index contributed by atoms with van der Waals surface area (Å²) in [7, 11) is 0. The van der Waals surface area contributed by atoms with E-state index in [9.17, 15) is 14.4 Å². The Hall–Kier alpha value is -2.68. The van der Waals surface area contributed by atoms with Crippen molar-refractivity contribution in [3.63, 3.8) is 0 Å². The number of amides is 3. The van der Waals surface area contributed by atoms with Crippen LogP contribution in [-0.4, -0.2) is 17.7 Å². The van der Waals surface area contributed by atoms with Gasteiger partial charge in [0.25, 0.3) is 11.8 Å². The molecule has 0 saturated heterocycles. The van der Waals surface area contributed by atoms with E-state index in [1.165, 1.54) is 18.2 Å². The Bertz CT molecular complexity index is 631. The van der Waals surface area contributed by atoms with Gasteiger partial charge in [0.05, 0.1) is 17.2 Å². The molecule has 1 aliphatic heterocycles. The number of imide groups is 1. The maximum Gasteiger partial charge on any atom is 0.259 e. The molecule has 1 aromatic carbocycles. The van der Waals surface area contributed by atoms with Crippen LogP contribution >= 0.6 is 0 Å². The van der Waals surface area contributed by atoms with Crippen LogP contribution in [0.2, 0.25) is 0 Å². The third-order valence-corrected chi connectivity index (χ3v) is 3.05. The van der Waals surface area contributed by atoms with Crippen LogP contribution in [0.5, 0.6) is 0 Å². The van der Waals surface area contributed by atoms with Crippen molar-refractivity contribution >= 4 is 23.4 Å². The highest BCUT2D eigenvalue weighted by Gasteiger charge is 2.27. The lowest BCUT2D eigenvalue weighted by molar-refractivity contribution is -0.118. The molecule has 0 aliphatic carbocycles. The number of nitrogens with zero attached hydrogens (tertiary/aromatic N) is 1.